The Morgan fingerprint density at radius 3 is 2.38 bits per heavy atom. The molecule has 1 aliphatic carbocycles. The molecule has 1 unspecified atom stereocenters. The van der Waals surface area contributed by atoms with Gasteiger partial charge in [-0.2, -0.15) is 0 Å². The molecule has 0 saturated carbocycles. The molecule has 2 aliphatic heterocycles. The van der Waals surface area contributed by atoms with Gasteiger partial charge in [-0.3, -0.25) is 9.59 Å². The van der Waals surface area contributed by atoms with Crippen LogP contribution in [0.5, 0.6) is 0 Å². The average molecular weight is 465 g/mol. The highest BCUT2D eigenvalue weighted by Gasteiger charge is 2.49. The first-order valence-electron chi connectivity index (χ1n) is 11.7. The fourth-order valence-electron chi connectivity index (χ4n) is 5.51. The third-order valence-electron chi connectivity index (χ3n) is 7.16. The van der Waals surface area contributed by atoms with Crippen LogP contribution >= 0.6 is 0 Å². The van der Waals surface area contributed by atoms with Crippen LogP contribution in [-0.4, -0.2) is 65.9 Å². The standard InChI is InChI=1S/C26H28N2O6/c29-23(30)14-17-6-5-12-28(17)24(31)26(11-13-33-16-26)27-25(32)34-15-22-20-9-3-1-7-18(20)19-8-2-4-10-21(19)22/h1-4,7-10,17,22H,5-6,11-16H2,(H,27,32)(H,29,30)/t17-,26?/m1/s1. The van der Waals surface area contributed by atoms with Crippen LogP contribution in [0.15, 0.2) is 48.5 Å². The normalized spacial score (nSPS) is 23.4. The van der Waals surface area contributed by atoms with Gasteiger partial charge in [0.05, 0.1) is 13.0 Å². The molecule has 5 rings (SSSR count). The summed E-state index contributed by atoms with van der Waals surface area (Å²) < 4.78 is 11.2. The molecule has 2 N–H and O–H groups in total. The number of carbonyl (C=O) groups is 3. The maximum atomic E-state index is 13.5. The summed E-state index contributed by atoms with van der Waals surface area (Å²) in [6.45, 7) is 1.01. The van der Waals surface area contributed by atoms with Crippen molar-refractivity contribution in [2.24, 2.45) is 0 Å². The minimum absolute atomic E-state index is 0.0479. The minimum Gasteiger partial charge on any atom is -0.481 e. The number of carboxylic acids is 1. The van der Waals surface area contributed by atoms with Gasteiger partial charge >= 0.3 is 12.1 Å². The van der Waals surface area contributed by atoms with Gasteiger partial charge in [-0.25, -0.2) is 4.79 Å². The fraction of sp³-hybridized carbons (Fsp3) is 0.423. The van der Waals surface area contributed by atoms with Gasteiger partial charge in [0.25, 0.3) is 5.91 Å². The number of likely N-dealkylation sites (tertiary alicyclic amines) is 1. The lowest BCUT2D eigenvalue weighted by molar-refractivity contribution is -0.142. The van der Waals surface area contributed by atoms with Gasteiger partial charge in [0.2, 0.25) is 0 Å². The SMILES string of the molecule is O=C(O)C[C@H]1CCCN1C(=O)C1(NC(=O)OCC2c3ccccc3-c3ccccc32)CCOC1. The van der Waals surface area contributed by atoms with Gasteiger partial charge < -0.3 is 24.8 Å². The summed E-state index contributed by atoms with van der Waals surface area (Å²) in [5.41, 5.74) is 3.27. The Kier molecular flexibility index (Phi) is 6.00. The predicted octanol–water partition coefficient (Wildman–Crippen LogP) is 3.15. The molecular weight excluding hydrogens is 436 g/mol. The van der Waals surface area contributed by atoms with E-state index in [1.807, 2.05) is 36.4 Å². The van der Waals surface area contributed by atoms with E-state index in [-0.39, 0.29) is 37.5 Å². The number of ether oxygens (including phenoxy) is 2. The van der Waals surface area contributed by atoms with E-state index in [4.69, 9.17) is 9.47 Å². The number of aliphatic carboxylic acids is 1. The Morgan fingerprint density at radius 1 is 1.09 bits per heavy atom. The number of carbonyl (C=O) groups excluding carboxylic acids is 2. The zero-order chi connectivity index (χ0) is 23.7. The molecule has 8 heteroatoms. The summed E-state index contributed by atoms with van der Waals surface area (Å²) in [6.07, 6.45) is 0.931. The van der Waals surface area contributed by atoms with Gasteiger partial charge in [-0.05, 0) is 35.1 Å². The van der Waals surface area contributed by atoms with Crippen LogP contribution in [0.3, 0.4) is 0 Å². The van der Waals surface area contributed by atoms with Gasteiger partial charge in [0.1, 0.15) is 12.1 Å². The Balaban J connectivity index is 1.29. The fourth-order valence-corrected chi connectivity index (χ4v) is 5.51. The largest absolute Gasteiger partial charge is 0.481 e. The number of hydrogen-bond donors (Lipinski definition) is 2. The van der Waals surface area contributed by atoms with Gasteiger partial charge in [-0.15, -0.1) is 0 Å². The highest BCUT2D eigenvalue weighted by Crippen LogP contribution is 2.44. The number of nitrogens with one attached hydrogen (secondary N) is 1. The Bertz CT molecular complexity index is 1060. The summed E-state index contributed by atoms with van der Waals surface area (Å²) in [4.78, 5) is 39.2. The lowest BCUT2D eigenvalue weighted by Gasteiger charge is -2.34. The number of carboxylic acid groups (broad SMARTS) is 1. The van der Waals surface area contributed by atoms with Crippen molar-refractivity contribution in [3.8, 4) is 11.1 Å². The maximum absolute atomic E-state index is 13.5. The zero-order valence-electron chi connectivity index (χ0n) is 18.9. The average Bonchev–Trinajstić information content (AvgIpc) is 3.55. The second-order valence-electron chi connectivity index (χ2n) is 9.23. The molecule has 0 spiro atoms. The second kappa shape index (κ2) is 9.10. The predicted molar refractivity (Wildman–Crippen MR) is 123 cm³/mol. The number of fused-ring (bicyclic) bond motifs is 3. The molecule has 2 saturated heterocycles. The number of benzene rings is 2. The molecule has 2 amide bonds. The van der Waals surface area contributed by atoms with Crippen LogP contribution in [-0.2, 0) is 19.1 Å². The van der Waals surface area contributed by atoms with E-state index in [1.54, 1.807) is 4.90 Å². The zero-order valence-corrected chi connectivity index (χ0v) is 18.9. The highest BCUT2D eigenvalue weighted by atomic mass is 16.6. The van der Waals surface area contributed by atoms with Crippen molar-refractivity contribution in [3.05, 3.63) is 59.7 Å². The van der Waals surface area contributed by atoms with E-state index < -0.39 is 17.6 Å². The number of amides is 2. The molecule has 2 heterocycles. The molecule has 34 heavy (non-hydrogen) atoms. The summed E-state index contributed by atoms with van der Waals surface area (Å²) in [5, 5.41) is 12.0. The smallest absolute Gasteiger partial charge is 0.408 e. The second-order valence-corrected chi connectivity index (χ2v) is 9.23. The molecule has 2 aromatic rings. The van der Waals surface area contributed by atoms with E-state index in [2.05, 4.69) is 17.4 Å². The van der Waals surface area contributed by atoms with Crippen LogP contribution in [0.1, 0.15) is 42.7 Å². The third kappa shape index (κ3) is 4.03. The summed E-state index contributed by atoms with van der Waals surface area (Å²) >= 11 is 0. The van der Waals surface area contributed by atoms with Crippen molar-refractivity contribution >= 4 is 18.0 Å². The first-order valence-corrected chi connectivity index (χ1v) is 11.7. The quantitative estimate of drug-likeness (QED) is 0.681. The highest BCUT2D eigenvalue weighted by molar-refractivity contribution is 5.91. The van der Waals surface area contributed by atoms with Gasteiger partial charge in [0.15, 0.2) is 0 Å². The van der Waals surface area contributed by atoms with Crippen LogP contribution in [0.4, 0.5) is 4.79 Å². The third-order valence-corrected chi connectivity index (χ3v) is 7.16. The molecule has 0 radical (unpaired) electrons. The maximum Gasteiger partial charge on any atom is 0.408 e. The van der Waals surface area contributed by atoms with Crippen molar-refractivity contribution in [1.29, 1.82) is 0 Å². The van der Waals surface area contributed by atoms with E-state index >= 15 is 0 Å². The van der Waals surface area contributed by atoms with Gasteiger partial charge in [0, 0.05) is 31.5 Å². The van der Waals surface area contributed by atoms with Crippen molar-refractivity contribution in [3.63, 3.8) is 0 Å². The van der Waals surface area contributed by atoms with Crippen LogP contribution in [0, 0.1) is 0 Å². The molecule has 2 aromatic carbocycles. The molecular formula is C26H28N2O6. The Morgan fingerprint density at radius 2 is 1.76 bits per heavy atom. The van der Waals surface area contributed by atoms with Crippen LogP contribution in [0.25, 0.3) is 11.1 Å². The number of nitrogens with zero attached hydrogens (tertiary/aromatic N) is 1. The Hall–Kier alpha value is -3.39. The summed E-state index contributed by atoms with van der Waals surface area (Å²) in [5.74, 6) is -1.31. The monoisotopic (exact) mass is 464 g/mol. The molecule has 2 atom stereocenters. The van der Waals surface area contributed by atoms with E-state index in [9.17, 15) is 19.5 Å². The number of rotatable bonds is 6. The molecule has 8 nitrogen and oxygen atoms in total. The molecule has 2 fully saturated rings. The van der Waals surface area contributed by atoms with Crippen LogP contribution < -0.4 is 5.32 Å². The molecule has 0 aromatic heterocycles. The lowest BCUT2D eigenvalue weighted by Crippen LogP contribution is -2.61. The number of hydrogen-bond acceptors (Lipinski definition) is 5. The molecule has 3 aliphatic rings. The van der Waals surface area contributed by atoms with E-state index in [0.717, 1.165) is 28.7 Å². The van der Waals surface area contributed by atoms with Crippen molar-refractivity contribution in [2.45, 2.75) is 43.2 Å². The first-order chi connectivity index (χ1) is 16.5. The lowest BCUT2D eigenvalue weighted by atomic mass is 9.96. The van der Waals surface area contributed by atoms with E-state index in [1.165, 1.54) is 0 Å². The van der Waals surface area contributed by atoms with Crippen molar-refractivity contribution in [1.82, 2.24) is 10.2 Å². The van der Waals surface area contributed by atoms with Crippen molar-refractivity contribution in [2.75, 3.05) is 26.4 Å². The van der Waals surface area contributed by atoms with Gasteiger partial charge in [-0.1, -0.05) is 48.5 Å². The first kappa shape index (κ1) is 22.4. The topological polar surface area (TPSA) is 105 Å². The van der Waals surface area contributed by atoms with Crippen molar-refractivity contribution < 1.29 is 29.0 Å². The van der Waals surface area contributed by atoms with Crippen LogP contribution in [0.2, 0.25) is 0 Å². The molecule has 0 bridgehead atoms. The summed E-state index contributed by atoms with van der Waals surface area (Å²) in [7, 11) is 0. The Labute approximate surface area is 197 Å². The number of alkyl carbamates (subject to hydrolysis) is 1. The minimum atomic E-state index is -1.23. The van der Waals surface area contributed by atoms with E-state index in [0.29, 0.717) is 26.0 Å². The molecule has 178 valence electrons. The summed E-state index contributed by atoms with van der Waals surface area (Å²) in [6, 6.07) is 15.8.